The van der Waals surface area contributed by atoms with E-state index in [0.717, 1.165) is 0 Å². The monoisotopic (exact) mass is 357 g/mol. The van der Waals surface area contributed by atoms with Crippen LogP contribution in [0.15, 0.2) is 34.7 Å². The molecule has 0 amide bonds. The van der Waals surface area contributed by atoms with Gasteiger partial charge in [0.05, 0.1) is 16.7 Å². The normalized spacial score (nSPS) is 12.0. The average molecular weight is 358 g/mol. The Morgan fingerprint density at radius 2 is 1.87 bits per heavy atom. The molecule has 0 fully saturated rings. The van der Waals surface area contributed by atoms with Crippen LogP contribution >= 0.6 is 23.2 Å². The Kier molecular flexibility index (Phi) is 6.33. The fourth-order valence-corrected chi connectivity index (χ4v) is 2.43. The van der Waals surface area contributed by atoms with Crippen molar-refractivity contribution in [1.29, 1.82) is 0 Å². The molecule has 0 aliphatic carbocycles. The zero-order valence-corrected chi connectivity index (χ0v) is 14.1. The molecule has 2 aromatic rings. The number of carbonyl (C=O) groups is 1. The van der Waals surface area contributed by atoms with E-state index in [1.54, 1.807) is 37.3 Å². The minimum atomic E-state index is -0.757. The van der Waals surface area contributed by atoms with Crippen LogP contribution in [0.5, 0.6) is 5.75 Å². The number of nitrogens with two attached hydrogens (primary N) is 1. The fraction of sp³-hybridized carbons (Fsp3) is 0.312. The molecular weight excluding hydrogens is 341 g/mol. The van der Waals surface area contributed by atoms with Gasteiger partial charge in [-0.2, -0.15) is 0 Å². The summed E-state index contributed by atoms with van der Waals surface area (Å²) < 4.78 is 16.0. The topological polar surface area (TPSA) is 74.7 Å². The first-order valence-corrected chi connectivity index (χ1v) is 7.83. The first kappa shape index (κ1) is 17.7. The quantitative estimate of drug-likeness (QED) is 0.766. The minimum absolute atomic E-state index is 0.165. The lowest BCUT2D eigenvalue weighted by atomic mass is 10.2. The van der Waals surface area contributed by atoms with Crippen molar-refractivity contribution in [2.45, 2.75) is 26.0 Å². The van der Waals surface area contributed by atoms with Crippen LogP contribution in [0.1, 0.15) is 18.4 Å². The van der Waals surface area contributed by atoms with Crippen molar-refractivity contribution in [3.8, 4) is 5.75 Å². The number of hydrogen-bond donors (Lipinski definition) is 1. The molecule has 124 valence electrons. The predicted molar refractivity (Wildman–Crippen MR) is 87.8 cm³/mol. The molecule has 23 heavy (non-hydrogen) atoms. The van der Waals surface area contributed by atoms with E-state index in [1.807, 2.05) is 0 Å². The summed E-state index contributed by atoms with van der Waals surface area (Å²) >= 11 is 12.1. The molecule has 0 saturated heterocycles. The SMILES string of the molecule is CCOC(=O)C(N)Cc1ccc(COc2c(Cl)cccc2Cl)o1. The zero-order chi connectivity index (χ0) is 16.8. The van der Waals surface area contributed by atoms with Gasteiger partial charge in [0.1, 0.15) is 24.2 Å². The van der Waals surface area contributed by atoms with Crippen LogP contribution in [0.25, 0.3) is 0 Å². The van der Waals surface area contributed by atoms with Gasteiger partial charge in [-0.05, 0) is 31.2 Å². The van der Waals surface area contributed by atoms with Gasteiger partial charge in [0.2, 0.25) is 0 Å². The highest BCUT2D eigenvalue weighted by Gasteiger charge is 2.17. The van der Waals surface area contributed by atoms with E-state index < -0.39 is 12.0 Å². The molecule has 0 saturated carbocycles. The van der Waals surface area contributed by atoms with Gasteiger partial charge in [-0.25, -0.2) is 0 Å². The van der Waals surface area contributed by atoms with E-state index in [-0.39, 0.29) is 13.0 Å². The maximum Gasteiger partial charge on any atom is 0.323 e. The van der Waals surface area contributed by atoms with Crippen molar-refractivity contribution in [1.82, 2.24) is 0 Å². The summed E-state index contributed by atoms with van der Waals surface area (Å²) in [6.07, 6.45) is 0.256. The second kappa shape index (κ2) is 8.24. The van der Waals surface area contributed by atoms with Crippen molar-refractivity contribution >= 4 is 29.2 Å². The number of esters is 1. The third kappa shape index (κ3) is 4.89. The van der Waals surface area contributed by atoms with Crippen LogP contribution < -0.4 is 10.5 Å². The van der Waals surface area contributed by atoms with Crippen molar-refractivity contribution in [3.05, 3.63) is 51.9 Å². The molecule has 0 aliphatic rings. The highest BCUT2D eigenvalue weighted by atomic mass is 35.5. The standard InChI is InChI=1S/C16H17Cl2NO4/c1-2-21-16(20)14(19)8-10-6-7-11(23-10)9-22-15-12(17)4-3-5-13(15)18/h3-7,14H,2,8-9,19H2,1H3. The Labute approximate surface area is 144 Å². The summed E-state index contributed by atoms with van der Waals surface area (Å²) in [4.78, 5) is 11.5. The number of rotatable bonds is 7. The molecule has 0 spiro atoms. The fourth-order valence-electron chi connectivity index (χ4n) is 1.92. The van der Waals surface area contributed by atoms with Crippen LogP contribution in [0.4, 0.5) is 0 Å². The van der Waals surface area contributed by atoms with E-state index in [4.69, 9.17) is 42.8 Å². The van der Waals surface area contributed by atoms with E-state index >= 15 is 0 Å². The molecule has 0 radical (unpaired) electrons. The first-order valence-electron chi connectivity index (χ1n) is 7.08. The molecule has 7 heteroatoms. The lowest BCUT2D eigenvalue weighted by Crippen LogP contribution is -2.34. The van der Waals surface area contributed by atoms with Crippen LogP contribution in [-0.2, 0) is 22.6 Å². The molecule has 5 nitrogen and oxygen atoms in total. The van der Waals surface area contributed by atoms with Gasteiger partial charge in [-0.1, -0.05) is 29.3 Å². The first-order chi connectivity index (χ1) is 11.0. The Hall–Kier alpha value is -1.69. The molecule has 2 rings (SSSR count). The lowest BCUT2D eigenvalue weighted by Gasteiger charge is -2.09. The molecule has 1 aromatic carbocycles. The smallest absolute Gasteiger partial charge is 0.323 e. The Morgan fingerprint density at radius 3 is 2.52 bits per heavy atom. The lowest BCUT2D eigenvalue weighted by molar-refractivity contribution is -0.144. The summed E-state index contributed by atoms with van der Waals surface area (Å²) in [7, 11) is 0. The van der Waals surface area contributed by atoms with Crippen LogP contribution in [0.3, 0.4) is 0 Å². The minimum Gasteiger partial charge on any atom is -0.483 e. The predicted octanol–water partition coefficient (Wildman–Crippen LogP) is 3.60. The second-order valence-electron chi connectivity index (χ2n) is 4.77. The van der Waals surface area contributed by atoms with Crippen molar-refractivity contribution in [2.24, 2.45) is 5.73 Å². The van der Waals surface area contributed by atoms with E-state index in [0.29, 0.717) is 33.9 Å². The highest BCUT2D eigenvalue weighted by Crippen LogP contribution is 2.33. The summed E-state index contributed by atoms with van der Waals surface area (Å²) in [6, 6.07) is 7.85. The molecular formula is C16H17Cl2NO4. The Morgan fingerprint density at radius 1 is 1.22 bits per heavy atom. The van der Waals surface area contributed by atoms with E-state index in [1.165, 1.54) is 0 Å². The average Bonchev–Trinajstić information content (AvgIpc) is 2.94. The third-order valence-electron chi connectivity index (χ3n) is 3.01. The maximum absolute atomic E-state index is 11.5. The van der Waals surface area contributed by atoms with Gasteiger partial charge in [-0.3, -0.25) is 4.79 Å². The summed E-state index contributed by atoms with van der Waals surface area (Å²) in [5, 5.41) is 0.849. The molecule has 2 N–H and O–H groups in total. The van der Waals surface area contributed by atoms with Crippen LogP contribution in [-0.4, -0.2) is 18.6 Å². The number of ether oxygens (including phenoxy) is 2. The number of furan rings is 1. The van der Waals surface area contributed by atoms with E-state index in [9.17, 15) is 4.79 Å². The zero-order valence-electron chi connectivity index (χ0n) is 12.6. The van der Waals surface area contributed by atoms with Gasteiger partial charge in [0.15, 0.2) is 5.75 Å². The largest absolute Gasteiger partial charge is 0.483 e. The maximum atomic E-state index is 11.5. The number of carbonyl (C=O) groups excluding carboxylic acids is 1. The van der Waals surface area contributed by atoms with Crippen molar-refractivity contribution in [2.75, 3.05) is 6.61 Å². The van der Waals surface area contributed by atoms with Crippen molar-refractivity contribution in [3.63, 3.8) is 0 Å². The van der Waals surface area contributed by atoms with Crippen molar-refractivity contribution < 1.29 is 18.7 Å². The molecule has 1 heterocycles. The number of halogens is 2. The van der Waals surface area contributed by atoms with Gasteiger partial charge in [0.25, 0.3) is 0 Å². The van der Waals surface area contributed by atoms with Crippen LogP contribution in [0, 0.1) is 0 Å². The molecule has 1 unspecified atom stereocenters. The Bertz CT molecular complexity index is 652. The number of hydrogen-bond acceptors (Lipinski definition) is 5. The molecule has 0 bridgehead atoms. The highest BCUT2D eigenvalue weighted by molar-refractivity contribution is 6.37. The summed E-state index contributed by atoms with van der Waals surface area (Å²) in [5.74, 6) is 1.10. The number of para-hydroxylation sites is 1. The summed E-state index contributed by atoms with van der Waals surface area (Å²) in [6.45, 7) is 2.19. The van der Waals surface area contributed by atoms with Gasteiger partial charge in [0, 0.05) is 6.42 Å². The third-order valence-corrected chi connectivity index (χ3v) is 3.60. The second-order valence-corrected chi connectivity index (χ2v) is 5.58. The molecule has 0 aliphatic heterocycles. The molecule has 1 aromatic heterocycles. The van der Waals surface area contributed by atoms with Gasteiger partial charge < -0.3 is 19.6 Å². The van der Waals surface area contributed by atoms with Gasteiger partial charge in [-0.15, -0.1) is 0 Å². The van der Waals surface area contributed by atoms with Gasteiger partial charge >= 0.3 is 5.97 Å². The number of benzene rings is 1. The molecule has 1 atom stereocenters. The van der Waals surface area contributed by atoms with E-state index in [2.05, 4.69) is 0 Å². The Balaban J connectivity index is 1.94. The summed E-state index contributed by atoms with van der Waals surface area (Å²) in [5.41, 5.74) is 5.75. The van der Waals surface area contributed by atoms with Crippen LogP contribution in [0.2, 0.25) is 10.0 Å².